The monoisotopic (exact) mass is 442 g/mol. The Morgan fingerprint density at radius 1 is 1.03 bits per heavy atom. The predicted octanol–water partition coefficient (Wildman–Crippen LogP) is 3.13. The Balaban J connectivity index is 1.34. The molecule has 0 unspecified atom stereocenters. The second-order valence-corrected chi connectivity index (χ2v) is 7.93. The van der Waals surface area contributed by atoms with Gasteiger partial charge in [-0.1, -0.05) is 0 Å². The molecule has 5 rings (SSSR count). The van der Waals surface area contributed by atoms with E-state index in [1.807, 2.05) is 37.5 Å². The minimum Gasteiger partial charge on any atom is -0.372 e. The summed E-state index contributed by atoms with van der Waals surface area (Å²) in [7, 11) is 1.86. The summed E-state index contributed by atoms with van der Waals surface area (Å²) in [6.45, 7) is 4.14. The number of nitrogens with zero attached hydrogens (tertiary/aromatic N) is 5. The summed E-state index contributed by atoms with van der Waals surface area (Å²) in [5, 5.41) is 7.46. The third kappa shape index (κ3) is 4.35. The fourth-order valence-corrected chi connectivity index (χ4v) is 4.21. The quantitative estimate of drug-likeness (QED) is 0.375. The molecule has 1 aliphatic heterocycles. The van der Waals surface area contributed by atoms with Gasteiger partial charge in [0.1, 0.15) is 17.8 Å². The molecule has 4 aromatic rings. The number of carbonyl (C=O) groups excluding carboxylic acids is 1. The van der Waals surface area contributed by atoms with Gasteiger partial charge in [-0.25, -0.2) is 0 Å². The second-order valence-electron chi connectivity index (χ2n) is 7.93. The Bertz CT molecular complexity index is 1230. The normalized spacial score (nSPS) is 14.4. The number of pyridine rings is 1. The number of aromatic nitrogens is 4. The van der Waals surface area contributed by atoms with Crippen LogP contribution >= 0.6 is 0 Å². The van der Waals surface area contributed by atoms with Crippen molar-refractivity contribution in [2.75, 3.05) is 55.3 Å². The van der Waals surface area contributed by atoms with E-state index in [0.717, 1.165) is 66.1 Å². The van der Waals surface area contributed by atoms with Crippen LogP contribution in [0.25, 0.3) is 22.2 Å². The molecule has 3 aromatic heterocycles. The van der Waals surface area contributed by atoms with Crippen molar-refractivity contribution in [3.05, 3.63) is 55.0 Å². The zero-order chi connectivity index (χ0) is 22.6. The molecule has 0 saturated carbocycles. The SMILES string of the molecule is CNc1nc(Nc2ccc(N3CCN(CC=O)CC3)cc2)nc2[nH]cc(-c3ccncc3)c12. The third-order valence-corrected chi connectivity index (χ3v) is 5.95. The van der Waals surface area contributed by atoms with Crippen LogP contribution in [0.4, 0.5) is 23.1 Å². The molecule has 4 heterocycles. The highest BCUT2D eigenvalue weighted by Gasteiger charge is 2.17. The summed E-state index contributed by atoms with van der Waals surface area (Å²) in [4.78, 5) is 32.0. The Morgan fingerprint density at radius 2 is 1.79 bits per heavy atom. The Morgan fingerprint density at radius 3 is 2.48 bits per heavy atom. The molecule has 0 spiro atoms. The summed E-state index contributed by atoms with van der Waals surface area (Å²) in [6.07, 6.45) is 6.47. The van der Waals surface area contributed by atoms with Crippen LogP contribution in [0.1, 0.15) is 0 Å². The molecule has 9 nitrogen and oxygen atoms in total. The lowest BCUT2D eigenvalue weighted by Crippen LogP contribution is -2.46. The smallest absolute Gasteiger partial charge is 0.231 e. The maximum absolute atomic E-state index is 10.7. The van der Waals surface area contributed by atoms with Crippen LogP contribution in [0.15, 0.2) is 55.0 Å². The predicted molar refractivity (Wildman–Crippen MR) is 131 cm³/mol. The van der Waals surface area contributed by atoms with Gasteiger partial charge in [0.25, 0.3) is 0 Å². The largest absolute Gasteiger partial charge is 0.372 e. The van der Waals surface area contributed by atoms with Crippen LogP contribution in [-0.2, 0) is 4.79 Å². The van der Waals surface area contributed by atoms with Crippen molar-refractivity contribution in [2.45, 2.75) is 0 Å². The molecule has 1 fully saturated rings. The lowest BCUT2D eigenvalue weighted by atomic mass is 10.1. The number of rotatable bonds is 7. The number of hydrogen-bond donors (Lipinski definition) is 3. The first-order chi connectivity index (χ1) is 16.2. The molecule has 1 aliphatic rings. The molecule has 33 heavy (non-hydrogen) atoms. The van der Waals surface area contributed by atoms with E-state index in [2.05, 4.69) is 47.5 Å². The number of piperazine rings is 1. The summed E-state index contributed by atoms with van der Waals surface area (Å²) < 4.78 is 0. The first-order valence-electron chi connectivity index (χ1n) is 11.0. The van der Waals surface area contributed by atoms with Gasteiger partial charge in [-0.2, -0.15) is 9.97 Å². The highest BCUT2D eigenvalue weighted by Crippen LogP contribution is 2.33. The van der Waals surface area contributed by atoms with E-state index in [-0.39, 0.29) is 0 Å². The van der Waals surface area contributed by atoms with Gasteiger partial charge in [-0.15, -0.1) is 0 Å². The maximum atomic E-state index is 10.7. The van der Waals surface area contributed by atoms with E-state index in [9.17, 15) is 4.79 Å². The molecular weight excluding hydrogens is 416 g/mol. The molecule has 9 heteroatoms. The lowest BCUT2D eigenvalue weighted by molar-refractivity contribution is -0.108. The van der Waals surface area contributed by atoms with Crippen molar-refractivity contribution in [1.29, 1.82) is 0 Å². The molecule has 0 amide bonds. The number of H-pyrrole nitrogens is 1. The zero-order valence-electron chi connectivity index (χ0n) is 18.5. The molecule has 0 radical (unpaired) electrons. The number of fused-ring (bicyclic) bond motifs is 1. The fourth-order valence-electron chi connectivity index (χ4n) is 4.21. The lowest BCUT2D eigenvalue weighted by Gasteiger charge is -2.35. The number of carbonyl (C=O) groups is 1. The second kappa shape index (κ2) is 9.25. The molecule has 0 bridgehead atoms. The van der Waals surface area contributed by atoms with Crippen molar-refractivity contribution in [3.63, 3.8) is 0 Å². The van der Waals surface area contributed by atoms with Crippen LogP contribution in [0.2, 0.25) is 0 Å². The molecule has 0 aliphatic carbocycles. The van der Waals surface area contributed by atoms with Crippen molar-refractivity contribution in [3.8, 4) is 11.1 Å². The number of benzene rings is 1. The minimum atomic E-state index is 0.514. The highest BCUT2D eigenvalue weighted by atomic mass is 16.1. The molecule has 1 aromatic carbocycles. The van der Waals surface area contributed by atoms with Crippen LogP contribution in [0, 0.1) is 0 Å². The number of nitrogens with one attached hydrogen (secondary N) is 3. The van der Waals surface area contributed by atoms with Crippen molar-refractivity contribution in [2.24, 2.45) is 0 Å². The fraction of sp³-hybridized carbons (Fsp3) is 0.250. The van der Waals surface area contributed by atoms with Gasteiger partial charge in [0, 0.05) is 68.8 Å². The first kappa shape index (κ1) is 20.9. The first-order valence-corrected chi connectivity index (χ1v) is 11.0. The molecular formula is C24H26N8O. The number of aldehydes is 1. The van der Waals surface area contributed by atoms with E-state index in [1.165, 1.54) is 5.69 Å². The molecule has 168 valence electrons. The van der Waals surface area contributed by atoms with Gasteiger partial charge >= 0.3 is 0 Å². The summed E-state index contributed by atoms with van der Waals surface area (Å²) in [5.41, 5.74) is 4.93. The van der Waals surface area contributed by atoms with E-state index >= 15 is 0 Å². The maximum Gasteiger partial charge on any atom is 0.231 e. The van der Waals surface area contributed by atoms with Gasteiger partial charge < -0.3 is 25.3 Å². The zero-order valence-corrected chi connectivity index (χ0v) is 18.5. The number of hydrogen-bond acceptors (Lipinski definition) is 8. The van der Waals surface area contributed by atoms with E-state index < -0.39 is 0 Å². The van der Waals surface area contributed by atoms with Gasteiger partial charge in [0.15, 0.2) is 0 Å². The average Bonchev–Trinajstić information content (AvgIpc) is 3.29. The van der Waals surface area contributed by atoms with Gasteiger partial charge in [0.05, 0.1) is 11.9 Å². The topological polar surface area (TPSA) is 102 Å². The van der Waals surface area contributed by atoms with Crippen molar-refractivity contribution in [1.82, 2.24) is 24.8 Å². The van der Waals surface area contributed by atoms with Crippen LogP contribution < -0.4 is 15.5 Å². The van der Waals surface area contributed by atoms with Crippen molar-refractivity contribution < 1.29 is 4.79 Å². The minimum absolute atomic E-state index is 0.514. The molecule has 3 N–H and O–H groups in total. The molecule has 1 saturated heterocycles. The van der Waals surface area contributed by atoms with Gasteiger partial charge in [-0.05, 0) is 42.0 Å². The van der Waals surface area contributed by atoms with Crippen LogP contribution in [-0.4, -0.2) is 70.9 Å². The average molecular weight is 443 g/mol. The summed E-state index contributed by atoms with van der Waals surface area (Å²) >= 11 is 0. The van der Waals surface area contributed by atoms with Crippen LogP contribution in [0.5, 0.6) is 0 Å². The van der Waals surface area contributed by atoms with E-state index in [4.69, 9.17) is 4.98 Å². The van der Waals surface area contributed by atoms with Gasteiger partial charge in [0.2, 0.25) is 5.95 Å². The van der Waals surface area contributed by atoms with Crippen molar-refractivity contribution >= 4 is 40.5 Å². The Labute approximate surface area is 191 Å². The highest BCUT2D eigenvalue weighted by molar-refractivity contribution is 6.01. The Hall–Kier alpha value is -3.98. The Kier molecular flexibility index (Phi) is 5.86. The number of anilines is 4. The summed E-state index contributed by atoms with van der Waals surface area (Å²) in [6, 6.07) is 12.2. The third-order valence-electron chi connectivity index (χ3n) is 5.95. The standard InChI is InChI=1S/C24H26N8O/c1-25-22-21-20(17-6-8-26-9-7-17)16-27-23(21)30-24(29-22)28-18-2-4-19(5-3-18)32-12-10-31(11-13-32)14-15-33/h2-9,15-16H,10-14H2,1H3,(H3,25,27,28,29,30). The molecule has 0 atom stereocenters. The van der Waals surface area contributed by atoms with Gasteiger partial charge in [-0.3, -0.25) is 9.88 Å². The van der Waals surface area contributed by atoms with E-state index in [1.54, 1.807) is 12.4 Å². The van der Waals surface area contributed by atoms with E-state index in [0.29, 0.717) is 12.5 Å². The number of aromatic amines is 1. The van der Waals surface area contributed by atoms with Crippen LogP contribution in [0.3, 0.4) is 0 Å². The summed E-state index contributed by atoms with van der Waals surface area (Å²) in [5.74, 6) is 1.27.